The molecule has 0 aliphatic carbocycles. The maximum atomic E-state index is 12.2. The van der Waals surface area contributed by atoms with Crippen LogP contribution in [0.2, 0.25) is 0 Å². The fourth-order valence-corrected chi connectivity index (χ4v) is 3.65. The predicted octanol–water partition coefficient (Wildman–Crippen LogP) is 5.52. The van der Waals surface area contributed by atoms with Crippen LogP contribution in [0.3, 0.4) is 0 Å². The fourth-order valence-electron chi connectivity index (χ4n) is 3.65. The van der Waals surface area contributed by atoms with E-state index in [1.54, 1.807) is 12.1 Å². The van der Waals surface area contributed by atoms with E-state index in [0.717, 1.165) is 22.1 Å². The van der Waals surface area contributed by atoms with E-state index >= 15 is 0 Å². The van der Waals surface area contributed by atoms with Gasteiger partial charge in [-0.2, -0.15) is 0 Å². The third kappa shape index (κ3) is 4.18. The van der Waals surface area contributed by atoms with Gasteiger partial charge in [-0.3, -0.25) is 10.1 Å². The largest absolute Gasteiger partial charge is 0.496 e. The highest BCUT2D eigenvalue weighted by Crippen LogP contribution is 2.34. The molecule has 0 unspecified atom stereocenters. The number of nitro benzene ring substituents is 1. The number of ether oxygens (including phenoxy) is 2. The molecule has 0 bridgehead atoms. The number of hydrogen-bond donors (Lipinski definition) is 0. The molecular weight excluding hydrogens is 410 g/mol. The molecule has 7 heteroatoms. The zero-order valence-electron chi connectivity index (χ0n) is 17.7. The standard InChI is InChI=1S/C25H21NO6/c1-3-16-12-21-20(17-7-5-4-6-8-17)13-25(27)32-24(21)14-23(16)31-15-18-11-19(26(28)29)9-10-22(18)30-2/h4-14H,3,15H2,1-2H3. The topological polar surface area (TPSA) is 91.8 Å². The molecule has 0 aliphatic heterocycles. The number of rotatable bonds is 7. The van der Waals surface area contributed by atoms with Crippen molar-refractivity contribution >= 4 is 16.7 Å². The number of benzene rings is 3. The average Bonchev–Trinajstić information content (AvgIpc) is 2.81. The maximum absolute atomic E-state index is 12.2. The molecule has 0 aliphatic rings. The van der Waals surface area contributed by atoms with Gasteiger partial charge in [0, 0.05) is 35.2 Å². The van der Waals surface area contributed by atoms with Crippen LogP contribution in [0.1, 0.15) is 18.1 Å². The molecule has 162 valence electrons. The third-order valence-electron chi connectivity index (χ3n) is 5.25. The lowest BCUT2D eigenvalue weighted by molar-refractivity contribution is -0.385. The average molecular weight is 431 g/mol. The summed E-state index contributed by atoms with van der Waals surface area (Å²) in [5.74, 6) is 1.04. The molecule has 7 nitrogen and oxygen atoms in total. The molecule has 32 heavy (non-hydrogen) atoms. The van der Waals surface area contributed by atoms with Gasteiger partial charge in [0.2, 0.25) is 0 Å². The van der Waals surface area contributed by atoms with E-state index in [1.807, 2.05) is 43.3 Å². The number of methoxy groups -OCH3 is 1. The minimum Gasteiger partial charge on any atom is -0.496 e. The van der Waals surface area contributed by atoms with Crippen molar-refractivity contribution in [1.82, 2.24) is 0 Å². The second-order valence-corrected chi connectivity index (χ2v) is 7.20. The molecule has 0 radical (unpaired) electrons. The van der Waals surface area contributed by atoms with E-state index in [0.29, 0.717) is 29.1 Å². The van der Waals surface area contributed by atoms with Crippen LogP contribution in [0.15, 0.2) is 75.9 Å². The molecular formula is C25H21NO6. The minimum absolute atomic E-state index is 0.0443. The van der Waals surface area contributed by atoms with E-state index in [1.165, 1.54) is 25.3 Å². The lowest BCUT2D eigenvalue weighted by atomic mass is 9.99. The van der Waals surface area contributed by atoms with Crippen LogP contribution in [-0.4, -0.2) is 12.0 Å². The summed E-state index contributed by atoms with van der Waals surface area (Å²) in [6.45, 7) is 2.06. The second-order valence-electron chi connectivity index (χ2n) is 7.20. The smallest absolute Gasteiger partial charge is 0.336 e. The molecule has 0 spiro atoms. The van der Waals surface area contributed by atoms with Gasteiger partial charge < -0.3 is 13.9 Å². The number of nitro groups is 1. The molecule has 3 aromatic carbocycles. The Hall–Kier alpha value is -4.13. The first kappa shape index (κ1) is 21.1. The van der Waals surface area contributed by atoms with Crippen molar-refractivity contribution < 1.29 is 18.8 Å². The number of aryl methyl sites for hydroxylation is 1. The van der Waals surface area contributed by atoms with E-state index in [-0.39, 0.29) is 12.3 Å². The van der Waals surface area contributed by atoms with Crippen LogP contribution in [0, 0.1) is 10.1 Å². The Balaban J connectivity index is 1.75. The van der Waals surface area contributed by atoms with Gasteiger partial charge in [-0.25, -0.2) is 4.79 Å². The molecule has 0 atom stereocenters. The van der Waals surface area contributed by atoms with Crippen molar-refractivity contribution in [2.24, 2.45) is 0 Å². The fraction of sp³-hybridized carbons (Fsp3) is 0.160. The quantitative estimate of drug-likeness (QED) is 0.217. The first-order valence-corrected chi connectivity index (χ1v) is 10.1. The molecule has 0 N–H and O–H groups in total. The van der Waals surface area contributed by atoms with Crippen LogP contribution in [0.5, 0.6) is 11.5 Å². The van der Waals surface area contributed by atoms with E-state index < -0.39 is 10.5 Å². The monoisotopic (exact) mass is 431 g/mol. The van der Waals surface area contributed by atoms with Crippen molar-refractivity contribution in [2.45, 2.75) is 20.0 Å². The molecule has 4 rings (SSSR count). The maximum Gasteiger partial charge on any atom is 0.336 e. The molecule has 4 aromatic rings. The minimum atomic E-state index is -0.462. The van der Waals surface area contributed by atoms with Crippen LogP contribution < -0.4 is 15.1 Å². The highest BCUT2D eigenvalue weighted by Gasteiger charge is 2.15. The van der Waals surface area contributed by atoms with E-state index in [9.17, 15) is 14.9 Å². The zero-order valence-corrected chi connectivity index (χ0v) is 17.7. The van der Waals surface area contributed by atoms with Crippen molar-refractivity contribution in [3.63, 3.8) is 0 Å². The Kier molecular flexibility index (Phi) is 5.89. The first-order chi connectivity index (χ1) is 15.5. The zero-order chi connectivity index (χ0) is 22.7. The summed E-state index contributed by atoms with van der Waals surface area (Å²) in [5.41, 5.74) is 3.09. The molecule has 1 heterocycles. The summed E-state index contributed by atoms with van der Waals surface area (Å²) < 4.78 is 16.8. The Labute approximate surface area is 184 Å². The summed E-state index contributed by atoms with van der Waals surface area (Å²) >= 11 is 0. The Morgan fingerprint density at radius 3 is 2.44 bits per heavy atom. The van der Waals surface area contributed by atoms with Gasteiger partial charge in [0.15, 0.2) is 0 Å². The lowest BCUT2D eigenvalue weighted by Gasteiger charge is -2.14. The highest BCUT2D eigenvalue weighted by atomic mass is 16.6. The van der Waals surface area contributed by atoms with Gasteiger partial charge in [-0.15, -0.1) is 0 Å². The lowest BCUT2D eigenvalue weighted by Crippen LogP contribution is -2.03. The second kappa shape index (κ2) is 8.93. The van der Waals surface area contributed by atoms with Crippen LogP contribution in [0.25, 0.3) is 22.1 Å². The molecule has 1 aromatic heterocycles. The van der Waals surface area contributed by atoms with Crippen molar-refractivity contribution in [2.75, 3.05) is 7.11 Å². The number of hydrogen-bond acceptors (Lipinski definition) is 6. The van der Waals surface area contributed by atoms with Crippen LogP contribution >= 0.6 is 0 Å². The molecule has 0 saturated carbocycles. The summed E-state index contributed by atoms with van der Waals surface area (Å²) in [6.07, 6.45) is 0.685. The molecule has 0 saturated heterocycles. The Bertz CT molecular complexity index is 1340. The number of fused-ring (bicyclic) bond motifs is 1. The van der Waals surface area contributed by atoms with Gasteiger partial charge in [0.25, 0.3) is 5.69 Å². The van der Waals surface area contributed by atoms with E-state index in [4.69, 9.17) is 13.9 Å². The normalized spacial score (nSPS) is 10.8. The predicted molar refractivity (Wildman–Crippen MR) is 121 cm³/mol. The highest BCUT2D eigenvalue weighted by molar-refractivity contribution is 5.94. The third-order valence-corrected chi connectivity index (χ3v) is 5.25. The van der Waals surface area contributed by atoms with Crippen molar-refractivity contribution in [1.29, 1.82) is 0 Å². The van der Waals surface area contributed by atoms with Crippen LogP contribution in [-0.2, 0) is 13.0 Å². The van der Waals surface area contributed by atoms with E-state index in [2.05, 4.69) is 0 Å². The first-order valence-electron chi connectivity index (χ1n) is 10.1. The Morgan fingerprint density at radius 1 is 0.969 bits per heavy atom. The van der Waals surface area contributed by atoms with Gasteiger partial charge in [0.05, 0.1) is 12.0 Å². The summed E-state index contributed by atoms with van der Waals surface area (Å²) in [5, 5.41) is 11.9. The number of non-ortho nitro benzene ring substituents is 1. The van der Waals surface area contributed by atoms with Crippen molar-refractivity contribution in [3.05, 3.63) is 98.4 Å². The van der Waals surface area contributed by atoms with Gasteiger partial charge >= 0.3 is 5.63 Å². The van der Waals surface area contributed by atoms with Gasteiger partial charge in [-0.1, -0.05) is 37.3 Å². The summed E-state index contributed by atoms with van der Waals surface area (Å²) in [4.78, 5) is 22.9. The molecule has 0 amide bonds. The Morgan fingerprint density at radius 2 is 1.75 bits per heavy atom. The van der Waals surface area contributed by atoms with Crippen molar-refractivity contribution in [3.8, 4) is 22.6 Å². The summed E-state index contributed by atoms with van der Waals surface area (Å²) in [6, 6.07) is 19.1. The molecule has 0 fully saturated rings. The van der Waals surface area contributed by atoms with Gasteiger partial charge in [0.1, 0.15) is 23.7 Å². The number of nitrogens with zero attached hydrogens (tertiary/aromatic N) is 1. The van der Waals surface area contributed by atoms with Gasteiger partial charge in [-0.05, 0) is 35.2 Å². The van der Waals surface area contributed by atoms with Crippen LogP contribution in [0.4, 0.5) is 5.69 Å². The SMILES string of the molecule is CCc1cc2c(-c3ccccc3)cc(=O)oc2cc1OCc1cc([N+](=O)[O-])ccc1OC. The summed E-state index contributed by atoms with van der Waals surface area (Å²) in [7, 11) is 1.50.